The summed E-state index contributed by atoms with van der Waals surface area (Å²) in [5.74, 6) is 0. The highest BCUT2D eigenvalue weighted by Gasteiger charge is 2.22. The Balaban J connectivity index is 2.27. The van der Waals surface area contributed by atoms with Crippen molar-refractivity contribution in [1.82, 2.24) is 10.2 Å². The Labute approximate surface area is 107 Å². The lowest BCUT2D eigenvalue weighted by molar-refractivity contribution is 0.0305. The molecule has 0 aromatic carbocycles. The van der Waals surface area contributed by atoms with Gasteiger partial charge in [0.2, 0.25) is 0 Å². The Kier molecular flexibility index (Phi) is 6.45. The summed E-state index contributed by atoms with van der Waals surface area (Å²) in [5, 5.41) is 13.8. The van der Waals surface area contributed by atoms with Gasteiger partial charge in [0.25, 0.3) is 0 Å². The summed E-state index contributed by atoms with van der Waals surface area (Å²) >= 11 is 0. The summed E-state index contributed by atoms with van der Waals surface area (Å²) in [7, 11) is 4.01. The van der Waals surface area contributed by atoms with Crippen molar-refractivity contribution in [2.45, 2.75) is 63.5 Å². The van der Waals surface area contributed by atoms with Gasteiger partial charge in [-0.1, -0.05) is 32.1 Å². The topological polar surface area (TPSA) is 35.5 Å². The normalized spacial score (nSPS) is 23.1. The SMILES string of the molecule is CN(C)CC(C)(O)CNC1CCCCCCC1. The summed E-state index contributed by atoms with van der Waals surface area (Å²) in [6.45, 7) is 3.34. The van der Waals surface area contributed by atoms with Crippen LogP contribution in [0.1, 0.15) is 51.9 Å². The summed E-state index contributed by atoms with van der Waals surface area (Å²) in [5.41, 5.74) is -0.619. The zero-order chi connectivity index (χ0) is 12.7. The summed E-state index contributed by atoms with van der Waals surface area (Å²) in [4.78, 5) is 2.04. The van der Waals surface area contributed by atoms with Gasteiger partial charge in [0, 0.05) is 19.1 Å². The molecule has 0 amide bonds. The molecule has 1 aliphatic rings. The number of aliphatic hydroxyl groups is 1. The molecule has 0 aliphatic heterocycles. The first-order valence-corrected chi connectivity index (χ1v) is 7.10. The third kappa shape index (κ3) is 7.02. The van der Waals surface area contributed by atoms with Crippen LogP contribution in [0, 0.1) is 0 Å². The van der Waals surface area contributed by atoms with Gasteiger partial charge in [0.15, 0.2) is 0 Å². The molecule has 3 heteroatoms. The molecule has 102 valence electrons. The van der Waals surface area contributed by atoms with Gasteiger partial charge in [-0.25, -0.2) is 0 Å². The second kappa shape index (κ2) is 7.34. The molecule has 0 saturated heterocycles. The number of likely N-dealkylation sites (N-methyl/N-ethyl adjacent to an activating group) is 1. The molecular weight excluding hydrogens is 212 g/mol. The quantitative estimate of drug-likeness (QED) is 0.774. The fourth-order valence-electron chi connectivity index (χ4n) is 2.76. The van der Waals surface area contributed by atoms with Crippen molar-refractivity contribution < 1.29 is 5.11 Å². The van der Waals surface area contributed by atoms with Crippen molar-refractivity contribution in [2.75, 3.05) is 27.2 Å². The third-order valence-corrected chi connectivity index (χ3v) is 3.53. The first-order valence-electron chi connectivity index (χ1n) is 7.10. The fraction of sp³-hybridized carbons (Fsp3) is 1.00. The highest BCUT2D eigenvalue weighted by molar-refractivity contribution is 4.81. The van der Waals surface area contributed by atoms with Gasteiger partial charge < -0.3 is 15.3 Å². The van der Waals surface area contributed by atoms with E-state index in [1.165, 1.54) is 44.9 Å². The monoisotopic (exact) mass is 242 g/mol. The first kappa shape index (κ1) is 14.9. The highest BCUT2D eigenvalue weighted by atomic mass is 16.3. The number of nitrogens with zero attached hydrogens (tertiary/aromatic N) is 1. The van der Waals surface area contributed by atoms with Gasteiger partial charge in [-0.05, 0) is 33.9 Å². The second-order valence-electron chi connectivity index (χ2n) is 6.16. The molecular formula is C14H30N2O. The van der Waals surface area contributed by atoms with Crippen LogP contribution in [0.15, 0.2) is 0 Å². The largest absolute Gasteiger partial charge is 0.388 e. The lowest BCUT2D eigenvalue weighted by Gasteiger charge is -2.30. The van der Waals surface area contributed by atoms with E-state index in [1.807, 2.05) is 25.9 Å². The zero-order valence-corrected chi connectivity index (χ0v) is 11.8. The molecule has 3 nitrogen and oxygen atoms in total. The van der Waals surface area contributed by atoms with E-state index in [0.29, 0.717) is 19.1 Å². The van der Waals surface area contributed by atoms with E-state index >= 15 is 0 Å². The number of hydrogen-bond acceptors (Lipinski definition) is 3. The fourth-order valence-corrected chi connectivity index (χ4v) is 2.76. The molecule has 0 radical (unpaired) electrons. The lowest BCUT2D eigenvalue weighted by atomic mass is 9.96. The standard InChI is InChI=1S/C14H30N2O/c1-14(17,12-16(2)3)11-15-13-9-7-5-4-6-8-10-13/h13,15,17H,4-12H2,1-3H3. The molecule has 1 fully saturated rings. The van der Waals surface area contributed by atoms with Gasteiger partial charge in [0.1, 0.15) is 0 Å². The minimum absolute atomic E-state index is 0.615. The molecule has 1 atom stereocenters. The molecule has 0 heterocycles. The smallest absolute Gasteiger partial charge is 0.0869 e. The number of hydrogen-bond donors (Lipinski definition) is 2. The highest BCUT2D eigenvalue weighted by Crippen LogP contribution is 2.17. The summed E-state index contributed by atoms with van der Waals surface area (Å²) < 4.78 is 0. The van der Waals surface area contributed by atoms with Crippen LogP contribution in [0.2, 0.25) is 0 Å². The molecule has 1 aliphatic carbocycles. The molecule has 1 unspecified atom stereocenters. The first-order chi connectivity index (χ1) is 7.99. The van der Waals surface area contributed by atoms with Crippen molar-refractivity contribution in [1.29, 1.82) is 0 Å². The molecule has 0 aromatic rings. The van der Waals surface area contributed by atoms with Crippen LogP contribution in [0.4, 0.5) is 0 Å². The summed E-state index contributed by atoms with van der Waals surface area (Å²) in [6.07, 6.45) is 9.40. The molecule has 0 bridgehead atoms. The van der Waals surface area contributed by atoms with E-state index in [4.69, 9.17) is 0 Å². The lowest BCUT2D eigenvalue weighted by Crippen LogP contribution is -2.48. The second-order valence-corrected chi connectivity index (χ2v) is 6.16. The minimum atomic E-state index is -0.619. The minimum Gasteiger partial charge on any atom is -0.388 e. The van der Waals surface area contributed by atoms with E-state index in [0.717, 1.165) is 0 Å². The number of nitrogens with one attached hydrogen (secondary N) is 1. The van der Waals surface area contributed by atoms with Gasteiger partial charge in [-0.15, -0.1) is 0 Å². The Hall–Kier alpha value is -0.120. The van der Waals surface area contributed by atoms with E-state index in [1.54, 1.807) is 0 Å². The Morgan fingerprint density at radius 1 is 1.12 bits per heavy atom. The van der Waals surface area contributed by atoms with Gasteiger partial charge >= 0.3 is 0 Å². The van der Waals surface area contributed by atoms with Crippen LogP contribution in [-0.4, -0.2) is 48.8 Å². The van der Waals surface area contributed by atoms with Crippen LogP contribution in [0.5, 0.6) is 0 Å². The zero-order valence-electron chi connectivity index (χ0n) is 11.8. The molecule has 1 saturated carbocycles. The molecule has 2 N–H and O–H groups in total. The molecule has 17 heavy (non-hydrogen) atoms. The Bertz CT molecular complexity index is 196. The predicted molar refractivity (Wildman–Crippen MR) is 73.3 cm³/mol. The number of rotatable bonds is 5. The predicted octanol–water partition coefficient (Wildman–Crippen LogP) is 2.00. The van der Waals surface area contributed by atoms with Crippen LogP contribution in [0.3, 0.4) is 0 Å². The Morgan fingerprint density at radius 3 is 2.18 bits per heavy atom. The molecule has 0 spiro atoms. The molecule has 0 aromatic heterocycles. The van der Waals surface area contributed by atoms with Gasteiger partial charge in [0.05, 0.1) is 5.60 Å². The van der Waals surface area contributed by atoms with Crippen molar-refractivity contribution in [2.24, 2.45) is 0 Å². The van der Waals surface area contributed by atoms with E-state index in [2.05, 4.69) is 5.32 Å². The van der Waals surface area contributed by atoms with Crippen LogP contribution in [0.25, 0.3) is 0 Å². The van der Waals surface area contributed by atoms with Gasteiger partial charge in [-0.3, -0.25) is 0 Å². The van der Waals surface area contributed by atoms with E-state index in [9.17, 15) is 5.11 Å². The Morgan fingerprint density at radius 2 is 1.65 bits per heavy atom. The van der Waals surface area contributed by atoms with Gasteiger partial charge in [-0.2, -0.15) is 0 Å². The third-order valence-electron chi connectivity index (χ3n) is 3.53. The maximum atomic E-state index is 10.2. The maximum Gasteiger partial charge on any atom is 0.0869 e. The van der Waals surface area contributed by atoms with E-state index < -0.39 is 5.60 Å². The van der Waals surface area contributed by atoms with Crippen molar-refractivity contribution in [3.63, 3.8) is 0 Å². The van der Waals surface area contributed by atoms with Crippen LogP contribution < -0.4 is 5.32 Å². The van der Waals surface area contributed by atoms with Crippen molar-refractivity contribution >= 4 is 0 Å². The van der Waals surface area contributed by atoms with Crippen LogP contribution >= 0.6 is 0 Å². The molecule has 1 rings (SSSR count). The van der Waals surface area contributed by atoms with Crippen molar-refractivity contribution in [3.8, 4) is 0 Å². The van der Waals surface area contributed by atoms with Crippen molar-refractivity contribution in [3.05, 3.63) is 0 Å². The average molecular weight is 242 g/mol. The average Bonchev–Trinajstić information content (AvgIpc) is 2.13. The van der Waals surface area contributed by atoms with E-state index in [-0.39, 0.29) is 0 Å². The van der Waals surface area contributed by atoms with Crippen LogP contribution in [-0.2, 0) is 0 Å². The summed E-state index contributed by atoms with van der Waals surface area (Å²) in [6, 6.07) is 0.615. The maximum absolute atomic E-state index is 10.2.